The number of carbonyl (C=O) groups is 3. The van der Waals surface area contributed by atoms with Crippen LogP contribution in [0.3, 0.4) is 0 Å². The van der Waals surface area contributed by atoms with Crippen molar-refractivity contribution in [3.8, 4) is 284 Å². The molecule has 5 aromatic carbocycles. The fourth-order valence-corrected chi connectivity index (χ4v) is 10.5. The van der Waals surface area contributed by atoms with E-state index in [1.54, 1.807) is 13.8 Å². The van der Waals surface area contributed by atoms with Crippen molar-refractivity contribution in [2.75, 3.05) is 30.5 Å². The number of nitrogens with one attached hydrogen (secondary N) is 3. The molecular weight excluding hydrogens is 1490 g/mol. The highest BCUT2D eigenvalue weighted by Gasteiger charge is 2.25. The summed E-state index contributed by atoms with van der Waals surface area (Å²) in [7, 11) is 3.92. The van der Waals surface area contributed by atoms with E-state index in [9.17, 15) is 14.4 Å². The molecule has 5 aromatic rings. The molecule has 0 fully saturated rings. The summed E-state index contributed by atoms with van der Waals surface area (Å²) in [6.45, 7) is 20.6. The van der Waals surface area contributed by atoms with Gasteiger partial charge in [-0.1, -0.05) is 166 Å². The zero-order chi connectivity index (χ0) is 87.7. The number of anilines is 2. The van der Waals surface area contributed by atoms with Crippen LogP contribution in [0, 0.1) is 290 Å². The molecule has 8 rings (SSSR count). The lowest BCUT2D eigenvalue weighted by Gasteiger charge is -2.28. The molecule has 0 bridgehead atoms. The number of amides is 3. The summed E-state index contributed by atoms with van der Waals surface area (Å²) >= 11 is 0. The summed E-state index contributed by atoms with van der Waals surface area (Å²) < 4.78 is 5.67. The number of ether oxygens (including phenoxy) is 1. The molecule has 592 valence electrons. The van der Waals surface area contributed by atoms with Crippen LogP contribution in [-0.2, 0) is 45.2 Å². The molecule has 1 aliphatic carbocycles. The maximum Gasteiger partial charge on any atom is 0.246 e. The van der Waals surface area contributed by atoms with Crippen LogP contribution in [-0.4, -0.2) is 55.6 Å². The monoisotopic (exact) mass is 1580 g/mol. The number of fused-ring (bicyclic) bond motifs is 4. The van der Waals surface area contributed by atoms with Gasteiger partial charge in [-0.2, -0.15) is 0 Å². The highest BCUT2D eigenvalue weighted by molar-refractivity contribution is 5.96. The second kappa shape index (κ2) is 58.6. The first-order chi connectivity index (χ1) is 59.4. The minimum Gasteiger partial charge on any atom is -0.356 e. The van der Waals surface area contributed by atoms with E-state index in [2.05, 4.69) is 385 Å². The molecule has 0 aromatic heterocycles. The van der Waals surface area contributed by atoms with Gasteiger partial charge in [0.15, 0.2) is 0 Å². The molecule has 0 spiro atoms. The summed E-state index contributed by atoms with van der Waals surface area (Å²) in [5, 5.41) is 9.52. The van der Waals surface area contributed by atoms with Crippen molar-refractivity contribution in [1.29, 1.82) is 0 Å². The third-order valence-corrected chi connectivity index (χ3v) is 17.9. The van der Waals surface area contributed by atoms with E-state index in [1.807, 2.05) is 109 Å². The molecule has 9 heteroatoms. The largest absolute Gasteiger partial charge is 0.356 e. The van der Waals surface area contributed by atoms with Gasteiger partial charge in [-0.25, -0.2) is 0 Å². The Hall–Kier alpha value is -16.2. The van der Waals surface area contributed by atoms with Crippen LogP contribution in [0.2, 0.25) is 0 Å². The molecule has 0 saturated heterocycles. The Morgan fingerprint density at radius 1 is 0.410 bits per heavy atom. The lowest BCUT2D eigenvalue weighted by atomic mass is 9.83. The predicted molar refractivity (Wildman–Crippen MR) is 495 cm³/mol. The van der Waals surface area contributed by atoms with Gasteiger partial charge in [-0.3, -0.25) is 14.4 Å². The normalized spacial score (nSPS) is 10.7. The Kier molecular flexibility index (Phi) is 46.3. The van der Waals surface area contributed by atoms with E-state index in [1.165, 1.54) is 18.4 Å². The van der Waals surface area contributed by atoms with Crippen molar-refractivity contribution in [3.05, 3.63) is 166 Å². The van der Waals surface area contributed by atoms with Crippen molar-refractivity contribution >= 4 is 29.1 Å². The second-order valence-corrected chi connectivity index (χ2v) is 28.3. The molecule has 3 aliphatic rings. The molecule has 3 N–H and O–H groups in total. The zero-order valence-corrected chi connectivity index (χ0v) is 71.2. The average molecular weight is 1580 g/mol. The zero-order valence-electron chi connectivity index (χ0n) is 71.2. The van der Waals surface area contributed by atoms with Crippen LogP contribution >= 0.6 is 0 Å². The second-order valence-electron chi connectivity index (χ2n) is 28.3. The molecule has 2 aliphatic heterocycles. The maximum absolute atomic E-state index is 13.1. The summed E-state index contributed by atoms with van der Waals surface area (Å²) in [6.07, 6.45) is 12.3. The minimum absolute atomic E-state index is 0.0599. The highest BCUT2D eigenvalue weighted by atomic mass is 16.5. The number of benzene rings is 5. The van der Waals surface area contributed by atoms with E-state index >= 15 is 0 Å². The minimum atomic E-state index is -0.0951. The lowest BCUT2D eigenvalue weighted by Crippen LogP contribution is -2.39. The van der Waals surface area contributed by atoms with Gasteiger partial charge in [0, 0.05) is 201 Å². The van der Waals surface area contributed by atoms with Gasteiger partial charge in [-0.05, 0) is 259 Å². The SMILES string of the molecule is CC#CC#CC#CC#CC#CC#CC#CC#CC#CC#CC#CC#CC#CC#CC#CC#CC#CC#CC#CC#CC#CC.CCC(C)(C)Cc1ccc(CNC(=O)COC2C#CCCCCC2)cc1.CNC(C)(C)CCC(=O)N1Cc2ccccc2C#Cc2ccccc21.CNC(C)(C)CCCCC(=O)N1Cc2ccccc2C#Cc2ccccc21. The number of unbranched alkanes of at least 4 members (excludes halogenated alkanes) is 1. The smallest absolute Gasteiger partial charge is 0.246 e. The van der Waals surface area contributed by atoms with E-state index in [0.717, 1.165) is 108 Å². The van der Waals surface area contributed by atoms with Crippen molar-refractivity contribution in [3.63, 3.8) is 0 Å². The van der Waals surface area contributed by atoms with Crippen LogP contribution in [0.25, 0.3) is 0 Å². The molecule has 3 amide bonds. The number of rotatable bonds is 18. The van der Waals surface area contributed by atoms with Crippen molar-refractivity contribution in [1.82, 2.24) is 16.0 Å². The van der Waals surface area contributed by atoms with Crippen molar-refractivity contribution in [2.45, 2.75) is 183 Å². The standard InChI is InChI=1S/C44H6.C24H28N2O.C23H33NO2.C22H24N2O/c1-3-5-7-9-11-13-15-17-19-21-23-25-27-29-31-33-35-37-39-41-43-44-42-40-38-36-34-32-30-28-26-24-22-20-18-16-14-12-10-8-6-4-2;1-24(2,25-3)17-9-8-14-23(27)26-18-21-12-5-4-10-19(21)15-16-20-11-6-7-13-22(20)26;1-4-23(2,3)16-19-12-14-20(15-13-19)17-24-22(25)18-26-21-10-8-6-5-7-9-11-21;1-22(2,23-3)15-14-21(25)24-16-19-10-5-4-8-17(19)12-13-18-9-6-7-11-20(18)24/h1-2H3;4-7,10-13,25H,8-9,14,17-18H2,1-3H3;12-15,21H,4-8,10,16-18H2,1-3H3,(H,24,25);4-11,23H,14-16H2,1-3H3. The summed E-state index contributed by atoms with van der Waals surface area (Å²) in [5.74, 6) is 125. The lowest BCUT2D eigenvalue weighted by molar-refractivity contribution is -0.127. The van der Waals surface area contributed by atoms with Crippen LogP contribution in [0.5, 0.6) is 0 Å². The van der Waals surface area contributed by atoms with Crippen LogP contribution in [0.15, 0.2) is 121 Å². The number of hydrogen-bond donors (Lipinski definition) is 3. The van der Waals surface area contributed by atoms with E-state index in [0.29, 0.717) is 37.9 Å². The fraction of sp³-hybridized carbons (Fsp3) is 0.283. The molecular formula is C113H91N5O4. The Morgan fingerprint density at radius 3 is 1.14 bits per heavy atom. The quantitative estimate of drug-likeness (QED) is 0.0597. The summed E-state index contributed by atoms with van der Waals surface area (Å²) in [5.41, 5.74) is 10.7. The third kappa shape index (κ3) is 42.4. The first-order valence-corrected chi connectivity index (χ1v) is 39.5. The average Bonchev–Trinajstić information content (AvgIpc) is 0.806. The van der Waals surface area contributed by atoms with Crippen molar-refractivity contribution in [2.24, 2.45) is 5.41 Å². The fourth-order valence-electron chi connectivity index (χ4n) is 10.5. The Bertz CT molecular complexity index is 6130. The predicted octanol–water partition coefficient (Wildman–Crippen LogP) is 13.9. The topological polar surface area (TPSA) is 103 Å². The molecule has 2 heterocycles. The third-order valence-electron chi connectivity index (χ3n) is 17.9. The van der Waals surface area contributed by atoms with Crippen LogP contribution < -0.4 is 25.8 Å². The maximum atomic E-state index is 13.1. The van der Waals surface area contributed by atoms with Gasteiger partial charge in [0.05, 0.1) is 24.5 Å². The first kappa shape index (κ1) is 96.4. The van der Waals surface area contributed by atoms with Gasteiger partial charge < -0.3 is 30.5 Å². The highest BCUT2D eigenvalue weighted by Crippen LogP contribution is 2.30. The Labute approximate surface area is 728 Å². The van der Waals surface area contributed by atoms with Crippen molar-refractivity contribution < 1.29 is 19.1 Å². The number of hydrogen-bond acceptors (Lipinski definition) is 6. The van der Waals surface area contributed by atoms with Crippen LogP contribution in [0.1, 0.15) is 184 Å². The van der Waals surface area contributed by atoms with E-state index < -0.39 is 0 Å². The number of carbonyl (C=O) groups excluding carboxylic acids is 3. The molecule has 122 heavy (non-hydrogen) atoms. The van der Waals surface area contributed by atoms with Crippen LogP contribution in [0.4, 0.5) is 11.4 Å². The number of nitrogens with zero attached hydrogens (tertiary/aromatic N) is 2. The van der Waals surface area contributed by atoms with Gasteiger partial charge in [0.1, 0.15) is 12.7 Å². The van der Waals surface area contributed by atoms with Gasteiger partial charge >= 0.3 is 0 Å². The molecule has 0 saturated carbocycles. The summed E-state index contributed by atoms with van der Waals surface area (Å²) in [6, 6.07) is 40.5. The van der Waals surface area contributed by atoms with E-state index in [-0.39, 0.29) is 41.5 Å². The van der Waals surface area contributed by atoms with Gasteiger partial charge in [-0.15, -0.1) is 5.92 Å². The Balaban J connectivity index is 0.000000297. The van der Waals surface area contributed by atoms with Gasteiger partial charge in [0.2, 0.25) is 17.7 Å². The number of para-hydroxylation sites is 2. The molecule has 1 unspecified atom stereocenters. The molecule has 0 radical (unpaired) electrons. The first-order valence-electron chi connectivity index (χ1n) is 39.5. The molecule has 9 nitrogen and oxygen atoms in total. The van der Waals surface area contributed by atoms with Gasteiger partial charge in [0.25, 0.3) is 0 Å². The Morgan fingerprint density at radius 2 is 0.754 bits per heavy atom. The van der Waals surface area contributed by atoms with E-state index in [4.69, 9.17) is 4.74 Å². The molecule has 1 atom stereocenters. The summed E-state index contributed by atoms with van der Waals surface area (Å²) in [4.78, 5) is 42.0.